The maximum Gasteiger partial charge on any atom is 0.243 e. The van der Waals surface area contributed by atoms with Gasteiger partial charge in [-0.1, -0.05) is 15.9 Å². The van der Waals surface area contributed by atoms with E-state index < -0.39 is 10.0 Å². The minimum absolute atomic E-state index is 0.388. The Hall–Kier alpha value is -0.430. The largest absolute Gasteiger partial charge is 0.316 e. The van der Waals surface area contributed by atoms with E-state index in [1.54, 1.807) is 28.6 Å². The molecule has 0 amide bonds. The molecule has 3 rings (SSSR count). The molecule has 2 aliphatic heterocycles. The topological polar surface area (TPSA) is 49.4 Å². The molecule has 0 saturated carbocycles. The van der Waals surface area contributed by atoms with Gasteiger partial charge in [0.15, 0.2) is 0 Å². The SMILES string of the molecule is O=S(=O)(c1ccc(Br)cc1)N1CC2CNCC2C1. The maximum absolute atomic E-state index is 12.5. The lowest BCUT2D eigenvalue weighted by Crippen LogP contribution is -2.31. The zero-order valence-corrected chi connectivity index (χ0v) is 12.2. The number of benzene rings is 1. The molecule has 6 heteroatoms. The Bertz CT molecular complexity index is 532. The van der Waals surface area contributed by atoms with E-state index in [2.05, 4.69) is 21.2 Å². The molecule has 1 N–H and O–H groups in total. The number of halogens is 1. The number of nitrogens with zero attached hydrogens (tertiary/aromatic N) is 1. The quantitative estimate of drug-likeness (QED) is 0.888. The summed E-state index contributed by atoms with van der Waals surface area (Å²) in [6.45, 7) is 3.18. The smallest absolute Gasteiger partial charge is 0.243 e. The van der Waals surface area contributed by atoms with E-state index in [1.165, 1.54) is 0 Å². The van der Waals surface area contributed by atoms with Crippen molar-refractivity contribution in [1.29, 1.82) is 0 Å². The standard InChI is InChI=1S/C12H15BrN2O2S/c13-11-1-3-12(4-2-11)18(16,17)15-7-9-5-14-6-10(9)8-15/h1-4,9-10,14H,5-8H2. The van der Waals surface area contributed by atoms with Crippen LogP contribution in [0, 0.1) is 11.8 Å². The molecule has 4 nitrogen and oxygen atoms in total. The van der Waals surface area contributed by atoms with Gasteiger partial charge in [0, 0.05) is 17.6 Å². The van der Waals surface area contributed by atoms with E-state index in [1.807, 2.05) is 0 Å². The fraction of sp³-hybridized carbons (Fsp3) is 0.500. The Labute approximate surface area is 116 Å². The van der Waals surface area contributed by atoms with Crippen LogP contribution in [0.3, 0.4) is 0 Å². The fourth-order valence-electron chi connectivity index (χ4n) is 2.76. The molecule has 2 unspecified atom stereocenters. The summed E-state index contributed by atoms with van der Waals surface area (Å²) >= 11 is 3.32. The van der Waals surface area contributed by atoms with Crippen molar-refractivity contribution < 1.29 is 8.42 Å². The molecule has 2 saturated heterocycles. The zero-order chi connectivity index (χ0) is 12.8. The predicted octanol–water partition coefficient (Wildman–Crippen LogP) is 1.29. The van der Waals surface area contributed by atoms with Crippen LogP contribution in [-0.4, -0.2) is 38.9 Å². The summed E-state index contributed by atoms with van der Waals surface area (Å²) in [5.41, 5.74) is 0. The van der Waals surface area contributed by atoms with Crippen LogP contribution >= 0.6 is 15.9 Å². The van der Waals surface area contributed by atoms with E-state index in [0.717, 1.165) is 17.6 Å². The molecule has 18 heavy (non-hydrogen) atoms. The van der Waals surface area contributed by atoms with Crippen LogP contribution in [0.2, 0.25) is 0 Å². The number of hydrogen-bond acceptors (Lipinski definition) is 3. The van der Waals surface area contributed by atoms with Crippen molar-refractivity contribution in [1.82, 2.24) is 9.62 Å². The molecule has 0 bridgehead atoms. The van der Waals surface area contributed by atoms with Gasteiger partial charge in [-0.3, -0.25) is 0 Å². The summed E-state index contributed by atoms with van der Waals surface area (Å²) in [5.74, 6) is 0.963. The van der Waals surface area contributed by atoms with Gasteiger partial charge in [0.1, 0.15) is 0 Å². The van der Waals surface area contributed by atoms with Gasteiger partial charge in [0.25, 0.3) is 0 Å². The lowest BCUT2D eigenvalue weighted by Gasteiger charge is -2.17. The van der Waals surface area contributed by atoms with Crippen molar-refractivity contribution in [3.63, 3.8) is 0 Å². The molecular weight excluding hydrogens is 316 g/mol. The van der Waals surface area contributed by atoms with Crippen molar-refractivity contribution in [2.24, 2.45) is 11.8 Å². The van der Waals surface area contributed by atoms with Gasteiger partial charge in [0.05, 0.1) is 4.90 Å². The summed E-state index contributed by atoms with van der Waals surface area (Å²) in [5, 5.41) is 3.32. The Balaban J connectivity index is 1.85. The van der Waals surface area contributed by atoms with Crippen molar-refractivity contribution in [3.8, 4) is 0 Å². The van der Waals surface area contributed by atoms with Gasteiger partial charge in [-0.05, 0) is 49.2 Å². The monoisotopic (exact) mass is 330 g/mol. The van der Waals surface area contributed by atoms with Crippen LogP contribution in [0.25, 0.3) is 0 Å². The fourth-order valence-corrected chi connectivity index (χ4v) is 4.58. The Morgan fingerprint density at radius 1 is 1.11 bits per heavy atom. The second kappa shape index (κ2) is 4.59. The third kappa shape index (κ3) is 2.11. The first-order chi connectivity index (χ1) is 8.57. The first kappa shape index (κ1) is 12.6. The molecule has 2 atom stereocenters. The first-order valence-electron chi connectivity index (χ1n) is 6.04. The number of sulfonamides is 1. The minimum atomic E-state index is -3.31. The first-order valence-corrected chi connectivity index (χ1v) is 8.27. The molecular formula is C12H15BrN2O2S. The van der Waals surface area contributed by atoms with Crippen LogP contribution < -0.4 is 5.32 Å². The number of nitrogens with one attached hydrogen (secondary N) is 1. The van der Waals surface area contributed by atoms with Crippen LogP contribution in [0.5, 0.6) is 0 Å². The number of hydrogen-bond donors (Lipinski definition) is 1. The maximum atomic E-state index is 12.5. The molecule has 2 heterocycles. The van der Waals surface area contributed by atoms with E-state index in [-0.39, 0.29) is 0 Å². The van der Waals surface area contributed by atoms with Crippen molar-refractivity contribution >= 4 is 26.0 Å². The summed E-state index contributed by atoms with van der Waals surface area (Å²) < 4.78 is 27.5. The lowest BCUT2D eigenvalue weighted by molar-refractivity contribution is 0.448. The molecule has 1 aromatic rings. The summed E-state index contributed by atoms with van der Waals surface area (Å²) in [6, 6.07) is 6.86. The van der Waals surface area contributed by atoms with Crippen LogP contribution in [-0.2, 0) is 10.0 Å². The van der Waals surface area contributed by atoms with E-state index in [4.69, 9.17) is 0 Å². The molecule has 98 valence electrons. The summed E-state index contributed by atoms with van der Waals surface area (Å²) in [4.78, 5) is 0.388. The number of fused-ring (bicyclic) bond motifs is 1. The van der Waals surface area contributed by atoms with Crippen molar-refractivity contribution in [2.45, 2.75) is 4.90 Å². The normalized spacial score (nSPS) is 28.5. The highest BCUT2D eigenvalue weighted by atomic mass is 79.9. The Morgan fingerprint density at radius 3 is 2.22 bits per heavy atom. The Morgan fingerprint density at radius 2 is 1.67 bits per heavy atom. The molecule has 0 radical (unpaired) electrons. The van der Waals surface area contributed by atoms with E-state index in [0.29, 0.717) is 29.8 Å². The summed E-state index contributed by atoms with van der Waals surface area (Å²) in [7, 11) is -3.31. The Kier molecular flexibility index (Phi) is 3.21. The van der Waals surface area contributed by atoms with Crippen molar-refractivity contribution in [3.05, 3.63) is 28.7 Å². The van der Waals surface area contributed by atoms with Crippen molar-refractivity contribution in [2.75, 3.05) is 26.2 Å². The molecule has 0 spiro atoms. The minimum Gasteiger partial charge on any atom is -0.316 e. The molecule has 0 aromatic heterocycles. The molecule has 2 aliphatic rings. The van der Waals surface area contributed by atoms with Gasteiger partial charge in [-0.25, -0.2) is 8.42 Å². The molecule has 2 fully saturated rings. The molecule has 0 aliphatic carbocycles. The highest BCUT2D eigenvalue weighted by Gasteiger charge is 2.41. The molecule has 1 aromatic carbocycles. The van der Waals surface area contributed by atoms with Gasteiger partial charge in [0.2, 0.25) is 10.0 Å². The van der Waals surface area contributed by atoms with Crippen LogP contribution in [0.1, 0.15) is 0 Å². The summed E-state index contributed by atoms with van der Waals surface area (Å²) in [6.07, 6.45) is 0. The zero-order valence-electron chi connectivity index (χ0n) is 9.84. The predicted molar refractivity (Wildman–Crippen MR) is 72.8 cm³/mol. The van der Waals surface area contributed by atoms with Crippen LogP contribution in [0.4, 0.5) is 0 Å². The average molecular weight is 331 g/mol. The highest BCUT2D eigenvalue weighted by molar-refractivity contribution is 9.10. The highest BCUT2D eigenvalue weighted by Crippen LogP contribution is 2.30. The van der Waals surface area contributed by atoms with Gasteiger partial charge < -0.3 is 5.32 Å². The second-order valence-corrected chi connectivity index (χ2v) is 7.81. The lowest BCUT2D eigenvalue weighted by atomic mass is 10.0. The van der Waals surface area contributed by atoms with Crippen LogP contribution in [0.15, 0.2) is 33.6 Å². The third-order valence-corrected chi connectivity index (χ3v) is 6.18. The van der Waals surface area contributed by atoms with Gasteiger partial charge in [-0.15, -0.1) is 0 Å². The second-order valence-electron chi connectivity index (χ2n) is 4.95. The number of rotatable bonds is 2. The van der Waals surface area contributed by atoms with E-state index in [9.17, 15) is 8.42 Å². The average Bonchev–Trinajstić information content (AvgIpc) is 2.89. The third-order valence-electron chi connectivity index (χ3n) is 3.81. The van der Waals surface area contributed by atoms with E-state index >= 15 is 0 Å². The van der Waals surface area contributed by atoms with Gasteiger partial charge >= 0.3 is 0 Å². The van der Waals surface area contributed by atoms with Gasteiger partial charge in [-0.2, -0.15) is 4.31 Å².